The van der Waals surface area contributed by atoms with E-state index in [1.165, 1.54) is 0 Å². The third-order valence-corrected chi connectivity index (χ3v) is 0. The van der Waals surface area contributed by atoms with Crippen LogP contribution in [0.4, 0.5) is 0 Å². The van der Waals surface area contributed by atoms with E-state index in [-0.39, 0.29) is 52.1 Å². The molecule has 0 N–H and O–H groups in total. The Morgan fingerprint density at radius 1 is 1.25 bits per heavy atom. The summed E-state index contributed by atoms with van der Waals surface area (Å²) in [7, 11) is 0. The number of hydrogen-bond acceptors (Lipinski definition) is 1. The molecule has 0 atom stereocenters. The van der Waals surface area contributed by atoms with E-state index in [1.54, 1.807) is 0 Å². The molecule has 25 valence electrons. The van der Waals surface area contributed by atoms with E-state index in [0.29, 0.717) is 0 Å². The van der Waals surface area contributed by atoms with Crippen LogP contribution in [-0.4, -0.2) is 0 Å². The van der Waals surface area contributed by atoms with Crippen LogP contribution in [0.2, 0.25) is 0 Å². The van der Waals surface area contributed by atoms with E-state index in [1.807, 2.05) is 0 Å². The zero-order chi connectivity index (χ0) is 2.00. The molecule has 0 amide bonds. The Morgan fingerprint density at radius 2 is 1.25 bits per heavy atom. The average Bonchev–Trinajstić information content (AvgIpc) is 1.00. The third kappa shape index (κ3) is 9.85. The van der Waals surface area contributed by atoms with Crippen LogP contribution in [0.3, 0.4) is 0 Å². The minimum atomic E-state index is 0. The summed E-state index contributed by atoms with van der Waals surface area (Å²) in [6.07, 6.45) is 0. The summed E-state index contributed by atoms with van der Waals surface area (Å²) in [5, 5.41) is 0. The molecule has 0 heterocycles. The summed E-state index contributed by atoms with van der Waals surface area (Å²) in [6, 6.07) is 0. The summed E-state index contributed by atoms with van der Waals surface area (Å²) in [6.45, 7) is 0. The van der Waals surface area contributed by atoms with Crippen molar-refractivity contribution in [2.45, 2.75) is 0 Å². The molecule has 0 fully saturated rings. The third-order valence-electron chi connectivity index (χ3n) is 0. The van der Waals surface area contributed by atoms with Crippen molar-refractivity contribution in [2.75, 3.05) is 0 Å². The van der Waals surface area contributed by atoms with E-state index >= 15 is 0 Å². The van der Waals surface area contributed by atoms with Gasteiger partial charge in [-0.25, -0.2) is 0 Å². The van der Waals surface area contributed by atoms with Crippen LogP contribution in [0.1, 0.15) is 0 Å². The van der Waals surface area contributed by atoms with Crippen LogP contribution in [0.25, 0.3) is 0 Å². The fourth-order valence-corrected chi connectivity index (χ4v) is 0. The first-order chi connectivity index (χ1) is 1.00. The maximum absolute atomic E-state index is 8.38. The van der Waals surface area contributed by atoms with Gasteiger partial charge < -0.3 is 0 Å². The van der Waals surface area contributed by atoms with Crippen molar-refractivity contribution >= 4 is 0 Å². The average molecular weight is 196 g/mol. The van der Waals surface area contributed by atoms with Gasteiger partial charge in [0.15, 0.2) is 0 Å². The topological polar surface area (TPSA) is 17.1 Å². The molecule has 1 nitrogen and oxygen atoms in total. The van der Waals surface area contributed by atoms with Crippen molar-refractivity contribution < 1.29 is 55.7 Å². The monoisotopic (exact) mass is 195 g/mol. The van der Waals surface area contributed by atoms with Gasteiger partial charge in [-0.05, 0) is 0 Å². The molecule has 0 spiro atoms. The van der Waals surface area contributed by atoms with Crippen molar-refractivity contribution in [3.8, 4) is 0 Å². The normalized spacial score (nSPS) is 1.50. The van der Waals surface area contributed by atoms with Crippen LogP contribution in [0.5, 0.6) is 0 Å². The zero-order valence-corrected chi connectivity index (χ0v) is 6.91. The minimum absolute atomic E-state index is 0. The molecule has 0 aliphatic heterocycles. The first kappa shape index (κ1) is 18.0. The van der Waals surface area contributed by atoms with E-state index in [2.05, 4.69) is 0 Å². The molecule has 0 unspecified atom stereocenters. The molecule has 0 aliphatic carbocycles. The van der Waals surface area contributed by atoms with Crippen LogP contribution >= 0.6 is 0 Å². The zero-order valence-electron chi connectivity index (χ0n) is 1.80. The van der Waals surface area contributed by atoms with Crippen molar-refractivity contribution in [1.29, 1.82) is 0 Å². The molecule has 0 aromatic carbocycles. The van der Waals surface area contributed by atoms with Crippen LogP contribution in [0, 0.1) is 0 Å². The molecule has 0 aromatic rings. The molecule has 4 heteroatoms. The van der Waals surface area contributed by atoms with Gasteiger partial charge in [-0.3, -0.25) is 0 Å². The van der Waals surface area contributed by atoms with Gasteiger partial charge in [0.05, 0.1) is 0 Å². The van der Waals surface area contributed by atoms with Gasteiger partial charge in [-0.2, -0.15) is 0 Å². The fraction of sp³-hybridized carbons (Fsp3) is 0. The van der Waals surface area contributed by atoms with Crippen molar-refractivity contribution in [1.82, 2.24) is 0 Å². The Morgan fingerprint density at radius 3 is 1.25 bits per heavy atom. The molecule has 0 bridgehead atoms. The number of rotatable bonds is 0. The first-order valence-electron chi connectivity index (χ1n) is 0.289. The second-order valence-electron chi connectivity index (χ2n) is 0. The molecule has 0 aromatic heterocycles. The Hall–Kier alpha value is 1.45. The van der Waals surface area contributed by atoms with Crippen LogP contribution in [0.15, 0.2) is 0 Å². The standard InChI is InChI=1S/Co.Fe.O.Zn. The molecule has 0 aliphatic rings. The molecular formula is CoFeOZn. The van der Waals surface area contributed by atoms with Gasteiger partial charge >= 0.3 is 21.8 Å². The summed E-state index contributed by atoms with van der Waals surface area (Å²) in [5.41, 5.74) is 0. The van der Waals surface area contributed by atoms with Crippen LogP contribution < -0.4 is 0 Å². The quantitative estimate of drug-likeness (QED) is 0.493. The van der Waals surface area contributed by atoms with Crippen LogP contribution in [-0.2, 0) is 55.7 Å². The predicted molar refractivity (Wildman–Crippen MR) is 0.686 cm³/mol. The Labute approximate surface area is 55.5 Å². The summed E-state index contributed by atoms with van der Waals surface area (Å²) in [4.78, 5) is 0. The second kappa shape index (κ2) is 25.2. The number of hydrogen-bond donors (Lipinski definition) is 0. The molecule has 1 radical (unpaired) electrons. The second-order valence-corrected chi connectivity index (χ2v) is 0. The van der Waals surface area contributed by atoms with E-state index in [0.717, 1.165) is 0 Å². The van der Waals surface area contributed by atoms with E-state index in [9.17, 15) is 0 Å². The van der Waals surface area contributed by atoms with Gasteiger partial charge in [-0.1, -0.05) is 0 Å². The maximum atomic E-state index is 8.38. The summed E-state index contributed by atoms with van der Waals surface area (Å²) < 4.78 is 8.38. The summed E-state index contributed by atoms with van der Waals surface area (Å²) in [5.74, 6) is 0. The SMILES string of the molecule is [Co].[Fe].[O]=[Zn]. The Bertz CT molecular complexity index is 8.00. The van der Waals surface area contributed by atoms with Gasteiger partial charge in [0, 0.05) is 33.8 Å². The van der Waals surface area contributed by atoms with Crippen molar-refractivity contribution in [3.05, 3.63) is 0 Å². The van der Waals surface area contributed by atoms with Gasteiger partial charge in [0.25, 0.3) is 0 Å². The van der Waals surface area contributed by atoms with Gasteiger partial charge in [-0.15, -0.1) is 0 Å². The Balaban J connectivity index is -0.00000000500. The summed E-state index contributed by atoms with van der Waals surface area (Å²) >= 11 is 0.125. The molecule has 0 saturated heterocycles. The molecule has 4 heavy (non-hydrogen) atoms. The van der Waals surface area contributed by atoms with E-state index in [4.69, 9.17) is 3.57 Å². The van der Waals surface area contributed by atoms with Crippen molar-refractivity contribution in [2.24, 2.45) is 0 Å². The Kier molecular flexibility index (Phi) is 113. The molecular weight excluding hydrogens is 196 g/mol. The van der Waals surface area contributed by atoms with E-state index < -0.39 is 0 Å². The molecule has 0 saturated carbocycles. The first-order valence-corrected chi connectivity index (χ1v) is 1.50. The fourth-order valence-electron chi connectivity index (χ4n) is 0. The predicted octanol–water partition coefficient (Wildman–Crippen LogP) is -0.126. The van der Waals surface area contributed by atoms with Gasteiger partial charge in [0.2, 0.25) is 0 Å². The van der Waals surface area contributed by atoms with Crippen molar-refractivity contribution in [3.63, 3.8) is 0 Å². The van der Waals surface area contributed by atoms with Gasteiger partial charge in [0.1, 0.15) is 0 Å². The molecule has 0 rings (SSSR count).